The molecule has 0 amide bonds. The van der Waals surface area contributed by atoms with Crippen LogP contribution in [0.2, 0.25) is 0 Å². The molecule has 4 aromatic rings. The molecule has 4 rings (SSSR count). The highest BCUT2D eigenvalue weighted by Crippen LogP contribution is 2.30. The lowest BCUT2D eigenvalue weighted by molar-refractivity contribution is 0.300. The number of H-pyrrole nitrogens is 1. The fraction of sp³-hybridized carbons (Fsp3) is 0.100. The molecular formula is C20H17N3O2S. The number of aliphatic hydroxyl groups is 1. The van der Waals surface area contributed by atoms with Crippen LogP contribution in [0.25, 0.3) is 22.2 Å². The van der Waals surface area contributed by atoms with Gasteiger partial charge in [-0.1, -0.05) is 18.2 Å². The van der Waals surface area contributed by atoms with Gasteiger partial charge in [-0.3, -0.25) is 4.99 Å². The lowest BCUT2D eigenvalue weighted by Gasteiger charge is -2.03. The van der Waals surface area contributed by atoms with E-state index in [1.165, 1.54) is 0 Å². The number of nitrogens with zero attached hydrogens (tertiary/aromatic N) is 2. The van der Waals surface area contributed by atoms with Crippen LogP contribution in [-0.4, -0.2) is 33.0 Å². The smallest absolute Gasteiger partial charge is 0.199 e. The Hall–Kier alpha value is -2.96. The lowest BCUT2D eigenvalue weighted by atomic mass is 10.1. The van der Waals surface area contributed by atoms with Crippen molar-refractivity contribution >= 4 is 34.3 Å². The number of aliphatic imine (C=N–C) groups is 1. The summed E-state index contributed by atoms with van der Waals surface area (Å²) in [5.74, 6) is 0.0401. The molecule has 0 spiro atoms. The van der Waals surface area contributed by atoms with E-state index in [1.807, 2.05) is 41.8 Å². The Bertz CT molecular complexity index is 1070. The van der Waals surface area contributed by atoms with Gasteiger partial charge in [0.1, 0.15) is 5.65 Å². The SMILES string of the molecule is OCCc1ccccc1N=Cc1c(O)[nH]c2ncc(-c3ccsc3)cc12. The van der Waals surface area contributed by atoms with Gasteiger partial charge in [-0.15, -0.1) is 0 Å². The Kier molecular flexibility index (Phi) is 4.51. The van der Waals surface area contributed by atoms with Crippen LogP contribution >= 0.6 is 11.3 Å². The number of pyridine rings is 1. The number of aromatic nitrogens is 2. The predicted molar refractivity (Wildman–Crippen MR) is 106 cm³/mol. The number of aromatic amines is 1. The normalized spacial score (nSPS) is 11.6. The van der Waals surface area contributed by atoms with Crippen LogP contribution in [0.1, 0.15) is 11.1 Å². The summed E-state index contributed by atoms with van der Waals surface area (Å²) in [4.78, 5) is 11.8. The first-order valence-corrected chi connectivity index (χ1v) is 9.16. The number of fused-ring (bicyclic) bond motifs is 1. The third-order valence-electron chi connectivity index (χ3n) is 4.23. The second kappa shape index (κ2) is 7.11. The summed E-state index contributed by atoms with van der Waals surface area (Å²) in [5.41, 5.74) is 5.05. The van der Waals surface area contributed by atoms with Gasteiger partial charge in [-0.2, -0.15) is 11.3 Å². The molecule has 3 heterocycles. The molecule has 0 saturated carbocycles. The molecule has 0 atom stereocenters. The van der Waals surface area contributed by atoms with E-state index in [4.69, 9.17) is 0 Å². The molecule has 130 valence electrons. The highest BCUT2D eigenvalue weighted by atomic mass is 32.1. The zero-order valence-corrected chi connectivity index (χ0v) is 14.7. The number of aromatic hydroxyl groups is 1. The van der Waals surface area contributed by atoms with Crippen molar-refractivity contribution in [3.05, 3.63) is 64.5 Å². The van der Waals surface area contributed by atoms with E-state index in [9.17, 15) is 10.2 Å². The van der Waals surface area contributed by atoms with Gasteiger partial charge in [0.15, 0.2) is 5.88 Å². The van der Waals surface area contributed by atoms with Gasteiger partial charge in [0.05, 0.1) is 11.3 Å². The third kappa shape index (κ3) is 3.12. The van der Waals surface area contributed by atoms with E-state index < -0.39 is 0 Å². The van der Waals surface area contributed by atoms with Crippen molar-refractivity contribution in [2.75, 3.05) is 6.61 Å². The number of aliphatic hydroxyl groups excluding tert-OH is 1. The molecular weight excluding hydrogens is 346 g/mol. The van der Waals surface area contributed by atoms with E-state index >= 15 is 0 Å². The van der Waals surface area contributed by atoms with Crippen LogP contribution in [0.4, 0.5) is 5.69 Å². The van der Waals surface area contributed by atoms with Gasteiger partial charge in [0.2, 0.25) is 0 Å². The fourth-order valence-electron chi connectivity index (χ4n) is 2.90. The number of nitrogens with one attached hydrogen (secondary N) is 1. The van der Waals surface area contributed by atoms with Crippen LogP contribution in [0, 0.1) is 0 Å². The number of rotatable bonds is 5. The molecule has 3 N–H and O–H groups in total. The Labute approximate surface area is 154 Å². The standard InChI is InChI=1S/C20H17N3O2S/c24-7-5-13-3-1-2-4-18(13)21-11-17-16-9-15(14-6-8-26-12-14)10-22-19(16)23-20(17)25/h1-4,6,8-12,24-25H,5,7H2,(H,22,23). The van der Waals surface area contributed by atoms with Crippen LogP contribution < -0.4 is 0 Å². The monoisotopic (exact) mass is 363 g/mol. The molecule has 3 aromatic heterocycles. The van der Waals surface area contributed by atoms with Crippen molar-refractivity contribution in [1.29, 1.82) is 0 Å². The summed E-state index contributed by atoms with van der Waals surface area (Å²) in [7, 11) is 0. The molecule has 0 aliphatic heterocycles. The van der Waals surface area contributed by atoms with E-state index in [1.54, 1.807) is 23.7 Å². The van der Waals surface area contributed by atoms with Crippen molar-refractivity contribution in [2.45, 2.75) is 6.42 Å². The summed E-state index contributed by atoms with van der Waals surface area (Å²) in [5, 5.41) is 24.4. The van der Waals surface area contributed by atoms with Crippen LogP contribution in [0.5, 0.6) is 5.88 Å². The van der Waals surface area contributed by atoms with E-state index in [0.29, 0.717) is 17.6 Å². The Morgan fingerprint density at radius 2 is 2.08 bits per heavy atom. The second-order valence-corrected chi connectivity index (χ2v) is 6.66. The predicted octanol–water partition coefficient (Wildman–Crippen LogP) is 4.28. The number of para-hydroxylation sites is 1. The molecule has 0 unspecified atom stereocenters. The average molecular weight is 363 g/mol. The molecule has 0 bridgehead atoms. The summed E-state index contributed by atoms with van der Waals surface area (Å²) in [6.07, 6.45) is 3.97. The molecule has 0 fully saturated rings. The van der Waals surface area contributed by atoms with Crippen molar-refractivity contribution in [1.82, 2.24) is 9.97 Å². The zero-order chi connectivity index (χ0) is 17.9. The number of hydrogen-bond donors (Lipinski definition) is 3. The number of thiophene rings is 1. The number of hydrogen-bond acceptors (Lipinski definition) is 5. The zero-order valence-electron chi connectivity index (χ0n) is 13.9. The highest BCUT2D eigenvalue weighted by molar-refractivity contribution is 7.08. The maximum Gasteiger partial charge on any atom is 0.199 e. The molecule has 0 radical (unpaired) electrons. The topological polar surface area (TPSA) is 81.5 Å². The number of benzene rings is 1. The largest absolute Gasteiger partial charge is 0.494 e. The van der Waals surface area contributed by atoms with Crippen LogP contribution in [0.15, 0.2) is 58.3 Å². The van der Waals surface area contributed by atoms with E-state index in [0.717, 1.165) is 27.8 Å². The maximum atomic E-state index is 10.3. The van der Waals surface area contributed by atoms with Crippen LogP contribution in [0.3, 0.4) is 0 Å². The minimum Gasteiger partial charge on any atom is -0.494 e. The van der Waals surface area contributed by atoms with Crippen LogP contribution in [-0.2, 0) is 6.42 Å². The van der Waals surface area contributed by atoms with E-state index in [2.05, 4.69) is 20.3 Å². The Morgan fingerprint density at radius 1 is 1.19 bits per heavy atom. The lowest BCUT2D eigenvalue weighted by Crippen LogP contribution is -1.91. The summed E-state index contributed by atoms with van der Waals surface area (Å²) >= 11 is 1.63. The molecule has 5 nitrogen and oxygen atoms in total. The maximum absolute atomic E-state index is 10.3. The highest BCUT2D eigenvalue weighted by Gasteiger charge is 2.12. The average Bonchev–Trinajstić information content (AvgIpc) is 3.28. The van der Waals surface area contributed by atoms with Gasteiger partial charge < -0.3 is 15.2 Å². The van der Waals surface area contributed by atoms with Gasteiger partial charge >= 0.3 is 0 Å². The minimum absolute atomic E-state index is 0.0401. The molecule has 0 saturated heterocycles. The van der Waals surface area contributed by atoms with Gasteiger partial charge in [0.25, 0.3) is 0 Å². The van der Waals surface area contributed by atoms with Gasteiger partial charge in [-0.05, 0) is 46.5 Å². The molecule has 6 heteroatoms. The second-order valence-electron chi connectivity index (χ2n) is 5.88. The Morgan fingerprint density at radius 3 is 2.88 bits per heavy atom. The summed E-state index contributed by atoms with van der Waals surface area (Å²) in [6, 6.07) is 11.7. The quantitative estimate of drug-likeness (QED) is 0.463. The van der Waals surface area contributed by atoms with Crippen molar-refractivity contribution in [2.24, 2.45) is 4.99 Å². The molecule has 1 aromatic carbocycles. The fourth-order valence-corrected chi connectivity index (χ4v) is 3.56. The van der Waals surface area contributed by atoms with Gasteiger partial charge in [-0.25, -0.2) is 4.98 Å². The van der Waals surface area contributed by atoms with Crippen molar-refractivity contribution in [3.8, 4) is 17.0 Å². The minimum atomic E-state index is 0.0401. The molecule has 26 heavy (non-hydrogen) atoms. The molecule has 0 aliphatic carbocycles. The van der Waals surface area contributed by atoms with Crippen molar-refractivity contribution < 1.29 is 10.2 Å². The van der Waals surface area contributed by atoms with Gasteiger partial charge in [0, 0.05) is 30.0 Å². The van der Waals surface area contributed by atoms with E-state index in [-0.39, 0.29) is 12.5 Å². The third-order valence-corrected chi connectivity index (χ3v) is 4.91. The first-order valence-electron chi connectivity index (χ1n) is 8.22. The summed E-state index contributed by atoms with van der Waals surface area (Å²) < 4.78 is 0. The summed E-state index contributed by atoms with van der Waals surface area (Å²) in [6.45, 7) is 0.0682. The first kappa shape index (κ1) is 16.5. The molecule has 0 aliphatic rings. The first-order chi connectivity index (χ1) is 12.8. The van der Waals surface area contributed by atoms with Crippen molar-refractivity contribution in [3.63, 3.8) is 0 Å². The Balaban J connectivity index is 1.76.